The molecule has 1 N–H and O–H groups in total. The fraction of sp³-hybridized carbons (Fsp3) is 0.667. The molecule has 0 spiro atoms. The van der Waals surface area contributed by atoms with Gasteiger partial charge in [0.2, 0.25) is 0 Å². The van der Waals surface area contributed by atoms with Crippen molar-refractivity contribution in [2.24, 2.45) is 5.92 Å². The molecule has 0 fully saturated rings. The Hall–Kier alpha value is -0.630. The molecule has 0 saturated carbocycles. The van der Waals surface area contributed by atoms with Gasteiger partial charge >= 0.3 is 0 Å². The Labute approximate surface area is 68.7 Å². The molecular weight excluding hydrogens is 138 g/mol. The third-order valence-electron chi connectivity index (χ3n) is 1.20. The zero-order chi connectivity index (χ0) is 8.69. The van der Waals surface area contributed by atoms with Gasteiger partial charge in [-0.15, -0.1) is 0 Å². The molecule has 0 radical (unpaired) electrons. The highest BCUT2D eigenvalue weighted by molar-refractivity contribution is 5.91. The standard InChI is InChI=1S/C9H17NO/c1-4-5-9(11)7-10-6-8(2)3/h4-5,8,10H,6-7H2,1-3H3/b5-4+. The van der Waals surface area contributed by atoms with Gasteiger partial charge in [0, 0.05) is 0 Å². The summed E-state index contributed by atoms with van der Waals surface area (Å²) in [5.74, 6) is 0.751. The van der Waals surface area contributed by atoms with Gasteiger partial charge < -0.3 is 5.32 Å². The first kappa shape index (κ1) is 10.4. The van der Waals surface area contributed by atoms with Gasteiger partial charge in [-0.25, -0.2) is 0 Å². The van der Waals surface area contributed by atoms with E-state index in [0.717, 1.165) is 6.54 Å². The summed E-state index contributed by atoms with van der Waals surface area (Å²) in [6, 6.07) is 0. The predicted molar refractivity (Wildman–Crippen MR) is 47.5 cm³/mol. The number of hydrogen-bond acceptors (Lipinski definition) is 2. The lowest BCUT2D eigenvalue weighted by molar-refractivity contribution is -0.113. The molecule has 0 rings (SSSR count). The van der Waals surface area contributed by atoms with Crippen LogP contribution in [-0.4, -0.2) is 18.9 Å². The summed E-state index contributed by atoms with van der Waals surface area (Å²) in [5.41, 5.74) is 0. The average molecular weight is 155 g/mol. The van der Waals surface area contributed by atoms with Gasteiger partial charge in [0.25, 0.3) is 0 Å². The number of nitrogens with one attached hydrogen (secondary N) is 1. The molecule has 0 bridgehead atoms. The van der Waals surface area contributed by atoms with E-state index in [0.29, 0.717) is 12.5 Å². The molecule has 0 aliphatic carbocycles. The smallest absolute Gasteiger partial charge is 0.169 e. The molecule has 64 valence electrons. The summed E-state index contributed by atoms with van der Waals surface area (Å²) in [7, 11) is 0. The molecule has 0 heterocycles. The first-order chi connectivity index (χ1) is 5.16. The van der Waals surface area contributed by atoms with Crippen LogP contribution in [-0.2, 0) is 4.79 Å². The van der Waals surface area contributed by atoms with E-state index >= 15 is 0 Å². The number of allylic oxidation sites excluding steroid dienone is 1. The van der Waals surface area contributed by atoms with E-state index in [1.807, 2.05) is 6.92 Å². The van der Waals surface area contributed by atoms with Gasteiger partial charge in [0.15, 0.2) is 5.78 Å². The first-order valence-corrected chi connectivity index (χ1v) is 4.03. The van der Waals surface area contributed by atoms with E-state index in [1.165, 1.54) is 0 Å². The fourth-order valence-electron chi connectivity index (χ4n) is 0.729. The molecule has 0 saturated heterocycles. The van der Waals surface area contributed by atoms with E-state index in [9.17, 15) is 4.79 Å². The highest BCUT2D eigenvalue weighted by Gasteiger charge is 1.96. The molecule has 0 atom stereocenters. The normalized spacial score (nSPS) is 11.3. The number of hydrogen-bond donors (Lipinski definition) is 1. The summed E-state index contributed by atoms with van der Waals surface area (Å²) in [6.07, 6.45) is 3.35. The van der Waals surface area contributed by atoms with E-state index in [2.05, 4.69) is 19.2 Å². The van der Waals surface area contributed by atoms with E-state index in [-0.39, 0.29) is 5.78 Å². The van der Waals surface area contributed by atoms with Crippen LogP contribution >= 0.6 is 0 Å². The maximum Gasteiger partial charge on any atom is 0.169 e. The van der Waals surface area contributed by atoms with Crippen LogP contribution in [0.25, 0.3) is 0 Å². The van der Waals surface area contributed by atoms with Crippen molar-refractivity contribution in [2.75, 3.05) is 13.1 Å². The van der Waals surface area contributed by atoms with Crippen molar-refractivity contribution >= 4 is 5.78 Å². The second-order valence-corrected chi connectivity index (χ2v) is 2.99. The average Bonchev–Trinajstić information content (AvgIpc) is 1.87. The van der Waals surface area contributed by atoms with Crippen molar-refractivity contribution in [2.45, 2.75) is 20.8 Å². The molecular formula is C9H17NO. The minimum absolute atomic E-state index is 0.146. The van der Waals surface area contributed by atoms with Crippen molar-refractivity contribution in [3.8, 4) is 0 Å². The van der Waals surface area contributed by atoms with Crippen LogP contribution in [0.5, 0.6) is 0 Å². The van der Waals surface area contributed by atoms with Crippen LogP contribution in [0.1, 0.15) is 20.8 Å². The Morgan fingerprint density at radius 2 is 2.18 bits per heavy atom. The summed E-state index contributed by atoms with van der Waals surface area (Å²) < 4.78 is 0. The molecule has 0 aliphatic rings. The van der Waals surface area contributed by atoms with Crippen molar-refractivity contribution in [1.82, 2.24) is 5.32 Å². The van der Waals surface area contributed by atoms with Gasteiger partial charge in [0.1, 0.15) is 0 Å². The summed E-state index contributed by atoms with van der Waals surface area (Å²) >= 11 is 0. The molecule has 2 heteroatoms. The number of carbonyl (C=O) groups excluding carboxylic acids is 1. The van der Waals surface area contributed by atoms with Crippen molar-refractivity contribution < 1.29 is 4.79 Å². The number of carbonyl (C=O) groups is 1. The van der Waals surface area contributed by atoms with Crippen LogP contribution < -0.4 is 5.32 Å². The largest absolute Gasteiger partial charge is 0.309 e. The Bertz CT molecular complexity index is 138. The van der Waals surface area contributed by atoms with Crippen LogP contribution in [0, 0.1) is 5.92 Å². The van der Waals surface area contributed by atoms with Crippen LogP contribution in [0.3, 0.4) is 0 Å². The van der Waals surface area contributed by atoms with E-state index < -0.39 is 0 Å². The van der Waals surface area contributed by atoms with Crippen LogP contribution in [0.2, 0.25) is 0 Å². The Morgan fingerprint density at radius 1 is 1.55 bits per heavy atom. The minimum Gasteiger partial charge on any atom is -0.309 e. The molecule has 11 heavy (non-hydrogen) atoms. The molecule has 0 aliphatic heterocycles. The van der Waals surface area contributed by atoms with Crippen molar-refractivity contribution in [3.05, 3.63) is 12.2 Å². The molecule has 2 nitrogen and oxygen atoms in total. The number of rotatable bonds is 5. The van der Waals surface area contributed by atoms with E-state index in [1.54, 1.807) is 12.2 Å². The minimum atomic E-state index is 0.146. The molecule has 0 amide bonds. The Morgan fingerprint density at radius 3 is 2.64 bits per heavy atom. The van der Waals surface area contributed by atoms with Gasteiger partial charge in [-0.1, -0.05) is 19.9 Å². The molecule has 0 aromatic carbocycles. The number of ketones is 1. The molecule has 0 aromatic rings. The lowest BCUT2D eigenvalue weighted by Crippen LogP contribution is -2.25. The SMILES string of the molecule is C/C=C/C(=O)CNCC(C)C. The summed E-state index contributed by atoms with van der Waals surface area (Å²) in [6.45, 7) is 7.45. The van der Waals surface area contributed by atoms with Gasteiger partial charge in [-0.05, 0) is 25.5 Å². The lowest BCUT2D eigenvalue weighted by Gasteiger charge is -2.03. The summed E-state index contributed by atoms with van der Waals surface area (Å²) in [5, 5.41) is 3.07. The second kappa shape index (κ2) is 6.10. The van der Waals surface area contributed by atoms with Crippen LogP contribution in [0.15, 0.2) is 12.2 Å². The van der Waals surface area contributed by atoms with Gasteiger partial charge in [0.05, 0.1) is 6.54 Å². The molecule has 0 aromatic heterocycles. The van der Waals surface area contributed by atoms with Crippen molar-refractivity contribution in [3.63, 3.8) is 0 Å². The third kappa shape index (κ3) is 7.26. The highest BCUT2D eigenvalue weighted by Crippen LogP contribution is 1.86. The van der Waals surface area contributed by atoms with Gasteiger partial charge in [-0.3, -0.25) is 4.79 Å². The zero-order valence-electron chi connectivity index (χ0n) is 7.55. The zero-order valence-corrected chi connectivity index (χ0v) is 7.55. The van der Waals surface area contributed by atoms with Gasteiger partial charge in [-0.2, -0.15) is 0 Å². The lowest BCUT2D eigenvalue weighted by atomic mass is 10.2. The quantitative estimate of drug-likeness (QED) is 0.608. The maximum atomic E-state index is 10.9. The third-order valence-corrected chi connectivity index (χ3v) is 1.20. The maximum absolute atomic E-state index is 10.9. The Kier molecular flexibility index (Phi) is 5.75. The fourth-order valence-corrected chi connectivity index (χ4v) is 0.729. The topological polar surface area (TPSA) is 29.1 Å². The Balaban J connectivity index is 3.32. The first-order valence-electron chi connectivity index (χ1n) is 4.03. The monoisotopic (exact) mass is 155 g/mol. The summed E-state index contributed by atoms with van der Waals surface area (Å²) in [4.78, 5) is 10.9. The molecule has 0 unspecified atom stereocenters. The second-order valence-electron chi connectivity index (χ2n) is 2.99. The van der Waals surface area contributed by atoms with Crippen LogP contribution in [0.4, 0.5) is 0 Å². The van der Waals surface area contributed by atoms with Crippen molar-refractivity contribution in [1.29, 1.82) is 0 Å². The van der Waals surface area contributed by atoms with E-state index in [4.69, 9.17) is 0 Å². The highest BCUT2D eigenvalue weighted by atomic mass is 16.1. The predicted octanol–water partition coefficient (Wildman–Crippen LogP) is 1.38.